The molecular formula is C17H20F3NO3. The molecule has 1 aromatic rings. The fraction of sp³-hybridized carbons (Fsp3) is 0.588. The number of carbonyl (C=O) groups excluding carboxylic acids is 1. The van der Waals surface area contributed by atoms with E-state index in [4.69, 9.17) is 4.74 Å². The molecule has 1 saturated carbocycles. The minimum absolute atomic E-state index is 0.327. The number of halogens is 3. The lowest BCUT2D eigenvalue weighted by molar-refractivity contribution is -0.138. The van der Waals surface area contributed by atoms with E-state index in [-0.39, 0.29) is 5.56 Å². The van der Waals surface area contributed by atoms with E-state index in [1.165, 1.54) is 23.1 Å². The van der Waals surface area contributed by atoms with Crippen LogP contribution in [-0.2, 0) is 10.9 Å². The van der Waals surface area contributed by atoms with Gasteiger partial charge >= 0.3 is 6.18 Å². The molecule has 0 spiro atoms. The van der Waals surface area contributed by atoms with Crippen LogP contribution in [0.2, 0.25) is 0 Å². The highest BCUT2D eigenvalue weighted by molar-refractivity contribution is 5.96. The molecule has 3 rings (SSSR count). The molecule has 2 fully saturated rings. The van der Waals surface area contributed by atoms with E-state index >= 15 is 0 Å². The zero-order chi connectivity index (χ0) is 17.5. The van der Waals surface area contributed by atoms with E-state index in [2.05, 4.69) is 0 Å². The van der Waals surface area contributed by atoms with E-state index in [0.717, 1.165) is 6.07 Å². The molecule has 132 valence electrons. The van der Waals surface area contributed by atoms with Crippen molar-refractivity contribution in [3.63, 3.8) is 0 Å². The average molecular weight is 343 g/mol. The number of ether oxygens (including phenoxy) is 1. The van der Waals surface area contributed by atoms with Crippen LogP contribution in [0.5, 0.6) is 0 Å². The van der Waals surface area contributed by atoms with Crippen LogP contribution < -0.4 is 0 Å². The zero-order valence-electron chi connectivity index (χ0n) is 13.3. The monoisotopic (exact) mass is 343 g/mol. The van der Waals surface area contributed by atoms with E-state index in [1.807, 2.05) is 0 Å². The van der Waals surface area contributed by atoms with Crippen LogP contribution in [0.4, 0.5) is 13.2 Å². The molecule has 1 saturated heterocycles. The SMILES string of the molecule is CO[C@@]12CC[C@@H](O)C[C@@H]1N(C(=O)c1ccccc1C(F)(F)F)CC2. The number of aliphatic hydroxyl groups excluding tert-OH is 1. The Kier molecular flexibility index (Phi) is 4.34. The van der Waals surface area contributed by atoms with Gasteiger partial charge in [-0.05, 0) is 37.8 Å². The molecule has 0 unspecified atom stereocenters. The molecule has 1 aromatic carbocycles. The predicted molar refractivity (Wildman–Crippen MR) is 80.5 cm³/mol. The van der Waals surface area contributed by atoms with Crippen molar-refractivity contribution in [3.05, 3.63) is 35.4 Å². The fourth-order valence-corrected chi connectivity index (χ4v) is 3.99. The van der Waals surface area contributed by atoms with E-state index < -0.39 is 35.4 Å². The first kappa shape index (κ1) is 17.2. The number of benzene rings is 1. The highest BCUT2D eigenvalue weighted by atomic mass is 19.4. The zero-order valence-corrected chi connectivity index (χ0v) is 13.3. The fourth-order valence-electron chi connectivity index (χ4n) is 3.99. The number of nitrogens with zero attached hydrogens (tertiary/aromatic N) is 1. The van der Waals surface area contributed by atoms with Crippen LogP contribution in [0, 0.1) is 0 Å². The van der Waals surface area contributed by atoms with Crippen molar-refractivity contribution in [2.75, 3.05) is 13.7 Å². The number of likely N-dealkylation sites (tertiary alicyclic amines) is 1. The smallest absolute Gasteiger partial charge is 0.393 e. The molecule has 0 bridgehead atoms. The maximum absolute atomic E-state index is 13.2. The van der Waals surface area contributed by atoms with Crippen LogP contribution in [0.1, 0.15) is 41.6 Å². The second kappa shape index (κ2) is 6.04. The number of amides is 1. The molecule has 3 atom stereocenters. The van der Waals surface area contributed by atoms with Gasteiger partial charge in [0.1, 0.15) is 0 Å². The molecule has 24 heavy (non-hydrogen) atoms. The summed E-state index contributed by atoms with van der Waals surface area (Å²) in [6.45, 7) is 0.330. The molecule has 0 aromatic heterocycles. The lowest BCUT2D eigenvalue weighted by atomic mass is 9.79. The van der Waals surface area contributed by atoms with Crippen molar-refractivity contribution < 1.29 is 27.8 Å². The third kappa shape index (κ3) is 2.80. The molecule has 1 N–H and O–H groups in total. The standard InChI is InChI=1S/C17H20F3NO3/c1-24-16-7-6-11(22)10-14(16)21(9-8-16)15(23)12-4-2-3-5-13(12)17(18,19)20/h2-5,11,14,22H,6-10H2,1H3/t11-,14+,16-/m1/s1. The largest absolute Gasteiger partial charge is 0.417 e. The summed E-state index contributed by atoms with van der Waals surface area (Å²) in [5, 5.41) is 9.95. The van der Waals surface area contributed by atoms with Crippen molar-refractivity contribution in [3.8, 4) is 0 Å². The topological polar surface area (TPSA) is 49.8 Å². The minimum atomic E-state index is -4.59. The highest BCUT2D eigenvalue weighted by Gasteiger charge is 2.53. The molecule has 1 aliphatic carbocycles. The Morgan fingerprint density at radius 1 is 1.33 bits per heavy atom. The normalized spacial score (nSPS) is 30.3. The number of rotatable bonds is 2. The molecule has 4 nitrogen and oxygen atoms in total. The van der Waals surface area contributed by atoms with Crippen molar-refractivity contribution in [2.45, 2.75) is 49.6 Å². The van der Waals surface area contributed by atoms with E-state index in [1.54, 1.807) is 7.11 Å². The van der Waals surface area contributed by atoms with Gasteiger partial charge in [-0.15, -0.1) is 0 Å². The van der Waals surface area contributed by atoms with Gasteiger partial charge in [0.2, 0.25) is 0 Å². The summed E-state index contributed by atoms with van der Waals surface area (Å²) in [5.41, 5.74) is -1.85. The number of hydrogen-bond acceptors (Lipinski definition) is 3. The first-order valence-corrected chi connectivity index (χ1v) is 7.99. The van der Waals surface area contributed by atoms with Gasteiger partial charge in [0.25, 0.3) is 5.91 Å². The average Bonchev–Trinajstić information content (AvgIpc) is 2.92. The van der Waals surface area contributed by atoms with Gasteiger partial charge in [0, 0.05) is 13.7 Å². The lowest BCUT2D eigenvalue weighted by Crippen LogP contribution is -2.52. The summed E-state index contributed by atoms with van der Waals surface area (Å²) >= 11 is 0. The van der Waals surface area contributed by atoms with E-state index in [9.17, 15) is 23.1 Å². The summed E-state index contributed by atoms with van der Waals surface area (Å²) in [6.07, 6.45) is -3.08. The Bertz CT molecular complexity index is 634. The Morgan fingerprint density at radius 3 is 2.71 bits per heavy atom. The number of methoxy groups -OCH3 is 1. The Labute approximate surface area is 138 Å². The van der Waals surface area contributed by atoms with Gasteiger partial charge in [-0.1, -0.05) is 12.1 Å². The van der Waals surface area contributed by atoms with Crippen LogP contribution in [0.15, 0.2) is 24.3 Å². The second-order valence-corrected chi connectivity index (χ2v) is 6.50. The molecule has 1 aliphatic heterocycles. The number of fused-ring (bicyclic) bond motifs is 1. The van der Waals surface area contributed by atoms with Crippen LogP contribution >= 0.6 is 0 Å². The van der Waals surface area contributed by atoms with Gasteiger partial charge in [0.15, 0.2) is 0 Å². The van der Waals surface area contributed by atoms with Gasteiger partial charge in [-0.2, -0.15) is 13.2 Å². The predicted octanol–water partition coefficient (Wildman–Crippen LogP) is 2.85. The minimum Gasteiger partial charge on any atom is -0.393 e. The Balaban J connectivity index is 1.94. The first-order chi connectivity index (χ1) is 11.3. The van der Waals surface area contributed by atoms with Gasteiger partial charge in [0.05, 0.1) is 28.9 Å². The maximum atomic E-state index is 13.2. The molecule has 1 heterocycles. The van der Waals surface area contributed by atoms with Crippen molar-refractivity contribution in [2.24, 2.45) is 0 Å². The molecule has 7 heteroatoms. The summed E-state index contributed by atoms with van der Waals surface area (Å²) in [5.74, 6) is -0.652. The van der Waals surface area contributed by atoms with Crippen LogP contribution in [0.25, 0.3) is 0 Å². The third-order valence-corrected chi connectivity index (χ3v) is 5.29. The van der Waals surface area contributed by atoms with Gasteiger partial charge in [-0.3, -0.25) is 4.79 Å². The van der Waals surface area contributed by atoms with Crippen LogP contribution in [-0.4, -0.2) is 47.3 Å². The summed E-state index contributed by atoms with van der Waals surface area (Å²) in [4.78, 5) is 14.3. The third-order valence-electron chi connectivity index (χ3n) is 5.29. The van der Waals surface area contributed by atoms with E-state index in [0.29, 0.717) is 32.2 Å². The number of alkyl halides is 3. The van der Waals surface area contributed by atoms with Crippen molar-refractivity contribution >= 4 is 5.91 Å². The highest BCUT2D eigenvalue weighted by Crippen LogP contribution is 2.43. The lowest BCUT2D eigenvalue weighted by Gasteiger charge is -2.42. The van der Waals surface area contributed by atoms with Gasteiger partial charge < -0.3 is 14.7 Å². The molecular weight excluding hydrogens is 323 g/mol. The van der Waals surface area contributed by atoms with Crippen LogP contribution in [0.3, 0.4) is 0 Å². The molecule has 2 aliphatic rings. The summed E-state index contributed by atoms with van der Waals surface area (Å²) in [6, 6.07) is 4.42. The quantitative estimate of drug-likeness (QED) is 0.898. The molecule has 0 radical (unpaired) electrons. The van der Waals surface area contributed by atoms with Gasteiger partial charge in [-0.25, -0.2) is 0 Å². The Hall–Kier alpha value is -1.60. The van der Waals surface area contributed by atoms with Crippen molar-refractivity contribution in [1.29, 1.82) is 0 Å². The van der Waals surface area contributed by atoms with Crippen molar-refractivity contribution in [1.82, 2.24) is 4.90 Å². The number of carbonyl (C=O) groups is 1. The Morgan fingerprint density at radius 2 is 2.04 bits per heavy atom. The second-order valence-electron chi connectivity index (χ2n) is 6.50. The number of aliphatic hydroxyl groups is 1. The molecule has 1 amide bonds. The first-order valence-electron chi connectivity index (χ1n) is 7.99. The maximum Gasteiger partial charge on any atom is 0.417 e. The summed E-state index contributed by atoms with van der Waals surface area (Å²) in [7, 11) is 1.56. The number of hydrogen-bond donors (Lipinski definition) is 1. The summed E-state index contributed by atoms with van der Waals surface area (Å²) < 4.78 is 45.2.